The molecule has 2 N–H and O–H groups in total. The Morgan fingerprint density at radius 3 is 2.47 bits per heavy atom. The van der Waals surface area contributed by atoms with Crippen LogP contribution in [0.3, 0.4) is 0 Å². The van der Waals surface area contributed by atoms with Gasteiger partial charge >= 0.3 is 0 Å². The molecule has 0 spiro atoms. The van der Waals surface area contributed by atoms with Crippen LogP contribution in [-0.2, 0) is 6.42 Å². The van der Waals surface area contributed by atoms with Gasteiger partial charge in [0.2, 0.25) is 0 Å². The van der Waals surface area contributed by atoms with Crippen LogP contribution in [0.5, 0.6) is 11.5 Å². The van der Waals surface area contributed by atoms with Gasteiger partial charge in [0.15, 0.2) is 11.5 Å². The van der Waals surface area contributed by atoms with E-state index in [-0.39, 0.29) is 0 Å². The molecule has 0 aliphatic carbocycles. The molecule has 0 unspecified atom stereocenters. The first-order valence-corrected chi connectivity index (χ1v) is 5.13. The first kappa shape index (κ1) is 12.1. The Morgan fingerprint density at radius 2 is 2.00 bits per heavy atom. The minimum atomic E-state index is 0.581. The van der Waals surface area contributed by atoms with E-state index in [0.29, 0.717) is 23.1 Å². The van der Waals surface area contributed by atoms with Crippen LogP contribution in [0, 0.1) is 6.92 Å². The summed E-state index contributed by atoms with van der Waals surface area (Å²) in [6.07, 6.45) is 0.784. The highest BCUT2D eigenvalue weighted by Gasteiger charge is 2.14. The number of hydrogen-bond acceptors (Lipinski definition) is 3. The fourth-order valence-electron chi connectivity index (χ4n) is 1.51. The van der Waals surface area contributed by atoms with Gasteiger partial charge in [0.1, 0.15) is 0 Å². The molecule has 3 nitrogen and oxygen atoms in total. The summed E-state index contributed by atoms with van der Waals surface area (Å²) in [6.45, 7) is 2.54. The normalized spacial score (nSPS) is 10.2. The smallest absolute Gasteiger partial charge is 0.179 e. The second-order valence-electron chi connectivity index (χ2n) is 3.25. The second-order valence-corrected chi connectivity index (χ2v) is 3.63. The third-order valence-corrected chi connectivity index (χ3v) is 2.83. The third kappa shape index (κ3) is 2.36. The van der Waals surface area contributed by atoms with Crippen molar-refractivity contribution in [2.45, 2.75) is 13.3 Å². The molecule has 0 atom stereocenters. The molecule has 0 fully saturated rings. The summed E-state index contributed by atoms with van der Waals surface area (Å²) in [4.78, 5) is 0. The Balaban J connectivity index is 3.29. The first-order valence-electron chi connectivity index (χ1n) is 4.75. The molecule has 0 saturated heterocycles. The van der Waals surface area contributed by atoms with Crippen LogP contribution < -0.4 is 15.2 Å². The quantitative estimate of drug-likeness (QED) is 0.861. The molecule has 84 valence electrons. The lowest BCUT2D eigenvalue weighted by molar-refractivity contribution is 0.354. The lowest BCUT2D eigenvalue weighted by atomic mass is 10.0. The highest BCUT2D eigenvalue weighted by atomic mass is 35.5. The van der Waals surface area contributed by atoms with Crippen LogP contribution in [-0.4, -0.2) is 20.8 Å². The van der Waals surface area contributed by atoms with Crippen molar-refractivity contribution in [3.05, 3.63) is 22.2 Å². The number of methoxy groups -OCH3 is 2. The van der Waals surface area contributed by atoms with E-state index < -0.39 is 0 Å². The fraction of sp³-hybridized carbons (Fsp3) is 0.455. The molecule has 0 aliphatic rings. The van der Waals surface area contributed by atoms with Gasteiger partial charge in [0.25, 0.3) is 0 Å². The Hall–Kier alpha value is -0.930. The van der Waals surface area contributed by atoms with Crippen LogP contribution in [0.2, 0.25) is 5.02 Å². The van der Waals surface area contributed by atoms with Gasteiger partial charge in [0, 0.05) is 0 Å². The van der Waals surface area contributed by atoms with Gasteiger partial charge in [-0.2, -0.15) is 0 Å². The van der Waals surface area contributed by atoms with Crippen molar-refractivity contribution in [3.63, 3.8) is 0 Å². The van der Waals surface area contributed by atoms with Crippen molar-refractivity contribution in [1.82, 2.24) is 0 Å². The van der Waals surface area contributed by atoms with E-state index in [1.807, 2.05) is 13.0 Å². The molecule has 0 amide bonds. The van der Waals surface area contributed by atoms with Crippen LogP contribution >= 0.6 is 11.6 Å². The summed E-state index contributed by atoms with van der Waals surface area (Å²) in [5, 5.41) is 0.598. The number of halogens is 1. The molecule has 0 aliphatic heterocycles. The maximum Gasteiger partial charge on any atom is 0.179 e. The van der Waals surface area contributed by atoms with E-state index in [4.69, 9.17) is 26.8 Å². The van der Waals surface area contributed by atoms with E-state index in [0.717, 1.165) is 17.5 Å². The molecule has 4 heteroatoms. The summed E-state index contributed by atoms with van der Waals surface area (Å²) < 4.78 is 10.4. The van der Waals surface area contributed by atoms with Crippen LogP contribution in [0.25, 0.3) is 0 Å². The summed E-state index contributed by atoms with van der Waals surface area (Å²) in [6, 6.07) is 1.92. The van der Waals surface area contributed by atoms with E-state index in [9.17, 15) is 0 Å². The lowest BCUT2D eigenvalue weighted by Gasteiger charge is -2.14. The third-order valence-electron chi connectivity index (χ3n) is 2.38. The number of benzene rings is 1. The first-order chi connectivity index (χ1) is 7.15. The molecule has 0 aromatic heterocycles. The van der Waals surface area contributed by atoms with Gasteiger partial charge in [-0.05, 0) is 37.1 Å². The van der Waals surface area contributed by atoms with Gasteiger partial charge in [-0.25, -0.2) is 0 Å². The minimum Gasteiger partial charge on any atom is -0.493 e. The SMILES string of the molecule is COc1cc(CCN)c(C)c(Cl)c1OC. The van der Waals surface area contributed by atoms with Crippen LogP contribution in [0.1, 0.15) is 11.1 Å². The predicted molar refractivity (Wildman–Crippen MR) is 62.1 cm³/mol. The van der Waals surface area contributed by atoms with Crippen molar-refractivity contribution in [3.8, 4) is 11.5 Å². The molecule has 1 rings (SSSR count). The van der Waals surface area contributed by atoms with Crippen molar-refractivity contribution in [2.24, 2.45) is 5.73 Å². The van der Waals surface area contributed by atoms with Crippen molar-refractivity contribution >= 4 is 11.6 Å². The number of rotatable bonds is 4. The highest BCUT2D eigenvalue weighted by Crippen LogP contribution is 2.39. The number of hydrogen-bond donors (Lipinski definition) is 1. The molecule has 0 heterocycles. The van der Waals surface area contributed by atoms with E-state index in [1.54, 1.807) is 14.2 Å². The maximum atomic E-state index is 6.17. The highest BCUT2D eigenvalue weighted by molar-refractivity contribution is 6.33. The average molecular weight is 230 g/mol. The molecule has 1 aromatic rings. The zero-order valence-corrected chi connectivity index (χ0v) is 10.0. The van der Waals surface area contributed by atoms with Crippen LogP contribution in [0.4, 0.5) is 0 Å². The van der Waals surface area contributed by atoms with E-state index in [1.165, 1.54) is 0 Å². The lowest BCUT2D eigenvalue weighted by Crippen LogP contribution is -2.05. The maximum absolute atomic E-state index is 6.17. The second kappa shape index (κ2) is 5.24. The summed E-state index contributed by atoms with van der Waals surface area (Å²) >= 11 is 6.17. The predicted octanol–water partition coefficient (Wildman–Crippen LogP) is 2.17. The largest absolute Gasteiger partial charge is 0.493 e. The zero-order chi connectivity index (χ0) is 11.4. The average Bonchev–Trinajstić information content (AvgIpc) is 2.24. The van der Waals surface area contributed by atoms with Gasteiger partial charge < -0.3 is 15.2 Å². The van der Waals surface area contributed by atoms with Gasteiger partial charge in [0.05, 0.1) is 19.2 Å². The molecule has 0 radical (unpaired) electrons. The summed E-state index contributed by atoms with van der Waals surface area (Å²) in [5.74, 6) is 1.23. The fourth-order valence-corrected chi connectivity index (χ4v) is 1.80. The van der Waals surface area contributed by atoms with Crippen LogP contribution in [0.15, 0.2) is 6.07 Å². The molecular weight excluding hydrogens is 214 g/mol. The van der Waals surface area contributed by atoms with Gasteiger partial charge in [-0.15, -0.1) is 0 Å². The zero-order valence-electron chi connectivity index (χ0n) is 9.26. The van der Waals surface area contributed by atoms with Crippen molar-refractivity contribution in [2.75, 3.05) is 20.8 Å². The molecule has 0 saturated carbocycles. The topological polar surface area (TPSA) is 44.5 Å². The Kier molecular flexibility index (Phi) is 4.24. The van der Waals surface area contributed by atoms with E-state index in [2.05, 4.69) is 0 Å². The monoisotopic (exact) mass is 229 g/mol. The summed E-state index contributed by atoms with van der Waals surface area (Å²) in [7, 11) is 3.17. The van der Waals surface area contributed by atoms with Crippen molar-refractivity contribution < 1.29 is 9.47 Å². The number of nitrogens with two attached hydrogens (primary N) is 1. The standard InChI is InChI=1S/C11H16ClNO2/c1-7-8(4-5-13)6-9(14-2)11(15-3)10(7)12/h6H,4-5,13H2,1-3H3. The Bertz CT molecular complexity index is 353. The van der Waals surface area contributed by atoms with Gasteiger partial charge in [-0.1, -0.05) is 11.6 Å². The Morgan fingerprint density at radius 1 is 1.33 bits per heavy atom. The van der Waals surface area contributed by atoms with Crippen molar-refractivity contribution in [1.29, 1.82) is 0 Å². The van der Waals surface area contributed by atoms with Gasteiger partial charge in [-0.3, -0.25) is 0 Å². The summed E-state index contributed by atoms with van der Waals surface area (Å²) in [5.41, 5.74) is 7.62. The molecule has 15 heavy (non-hydrogen) atoms. The Labute approximate surface area is 95.1 Å². The molecule has 0 bridgehead atoms. The minimum absolute atomic E-state index is 0.581. The van der Waals surface area contributed by atoms with E-state index >= 15 is 0 Å². The molecular formula is C11H16ClNO2. The molecule has 1 aromatic carbocycles. The number of ether oxygens (including phenoxy) is 2.